The maximum atomic E-state index is 12.9. The third-order valence-corrected chi connectivity index (χ3v) is 5.65. The van der Waals surface area contributed by atoms with Gasteiger partial charge in [-0.25, -0.2) is 4.68 Å². The molecule has 0 fully saturated rings. The van der Waals surface area contributed by atoms with E-state index in [4.69, 9.17) is 11.6 Å². The number of carbonyl (C=O) groups is 2. The first kappa shape index (κ1) is 20.0. The standard InChI is InChI=1S/C25H19ClN4O2/c26-19-5-3-6-21(16-19)30-15-13-22(28-30)24(31)27-20-10-8-18(9-11-20)25(32)29-14-12-17-4-1-2-7-23(17)29/h1-11,13,15-16H,12,14H2,(H,27,31). The summed E-state index contributed by atoms with van der Waals surface area (Å²) in [5.74, 6) is -0.383. The maximum absolute atomic E-state index is 12.9. The number of benzene rings is 3. The van der Waals surface area contributed by atoms with Crippen molar-refractivity contribution in [1.29, 1.82) is 0 Å². The molecule has 7 heteroatoms. The SMILES string of the molecule is O=C(Nc1ccc(C(=O)N2CCc3ccccc32)cc1)c1ccn(-c2cccc(Cl)c2)n1. The van der Waals surface area contributed by atoms with Crippen LogP contribution in [-0.2, 0) is 6.42 Å². The van der Waals surface area contributed by atoms with Crippen LogP contribution in [-0.4, -0.2) is 28.1 Å². The summed E-state index contributed by atoms with van der Waals surface area (Å²) in [7, 11) is 0. The third kappa shape index (κ3) is 3.88. The molecule has 4 aromatic rings. The molecule has 6 nitrogen and oxygen atoms in total. The number of aromatic nitrogens is 2. The van der Waals surface area contributed by atoms with Crippen molar-refractivity contribution in [3.63, 3.8) is 0 Å². The van der Waals surface area contributed by atoms with E-state index in [0.717, 1.165) is 17.8 Å². The molecule has 1 aliphatic heterocycles. The van der Waals surface area contributed by atoms with Gasteiger partial charge < -0.3 is 10.2 Å². The zero-order valence-electron chi connectivity index (χ0n) is 17.0. The second-order valence-corrected chi connectivity index (χ2v) is 7.93. The van der Waals surface area contributed by atoms with E-state index in [2.05, 4.69) is 16.5 Å². The van der Waals surface area contributed by atoms with Gasteiger partial charge in [-0.15, -0.1) is 0 Å². The summed E-state index contributed by atoms with van der Waals surface area (Å²) in [6.45, 7) is 0.673. The van der Waals surface area contributed by atoms with Crippen LogP contribution in [0.3, 0.4) is 0 Å². The summed E-state index contributed by atoms with van der Waals surface area (Å²) in [5, 5.41) is 7.74. The Labute approximate surface area is 190 Å². The summed E-state index contributed by atoms with van der Waals surface area (Å²) in [6, 6.07) is 23.7. The van der Waals surface area contributed by atoms with Crippen LogP contribution < -0.4 is 10.2 Å². The molecule has 3 aromatic carbocycles. The molecular weight excluding hydrogens is 424 g/mol. The van der Waals surface area contributed by atoms with Gasteiger partial charge in [-0.2, -0.15) is 5.10 Å². The Hall–Kier alpha value is -3.90. The lowest BCUT2D eigenvalue weighted by Crippen LogP contribution is -2.28. The van der Waals surface area contributed by atoms with Gasteiger partial charge in [0.25, 0.3) is 11.8 Å². The highest BCUT2D eigenvalue weighted by Crippen LogP contribution is 2.29. The van der Waals surface area contributed by atoms with Crippen LogP contribution in [0, 0.1) is 0 Å². The van der Waals surface area contributed by atoms with E-state index < -0.39 is 0 Å². The minimum absolute atomic E-state index is 0.0481. The fraction of sp³-hybridized carbons (Fsp3) is 0.0800. The van der Waals surface area contributed by atoms with E-state index >= 15 is 0 Å². The van der Waals surface area contributed by atoms with Crippen molar-refractivity contribution in [2.24, 2.45) is 0 Å². The van der Waals surface area contributed by atoms with Crippen molar-refractivity contribution in [3.8, 4) is 5.69 Å². The number of fused-ring (bicyclic) bond motifs is 1. The molecule has 5 rings (SSSR count). The second kappa shape index (κ2) is 8.32. The fourth-order valence-corrected chi connectivity index (χ4v) is 3.99. The first-order valence-electron chi connectivity index (χ1n) is 10.2. The number of hydrogen-bond donors (Lipinski definition) is 1. The summed E-state index contributed by atoms with van der Waals surface area (Å²) >= 11 is 6.03. The van der Waals surface area contributed by atoms with Crippen LogP contribution in [0.4, 0.5) is 11.4 Å². The van der Waals surface area contributed by atoms with Crippen molar-refractivity contribution < 1.29 is 9.59 Å². The second-order valence-electron chi connectivity index (χ2n) is 7.49. The Balaban J connectivity index is 1.27. The van der Waals surface area contributed by atoms with Crippen LogP contribution >= 0.6 is 11.6 Å². The third-order valence-electron chi connectivity index (χ3n) is 5.42. The van der Waals surface area contributed by atoms with Gasteiger partial charge in [0.15, 0.2) is 5.69 Å². The first-order valence-corrected chi connectivity index (χ1v) is 10.6. The first-order chi connectivity index (χ1) is 15.6. The van der Waals surface area contributed by atoms with Crippen LogP contribution in [0.2, 0.25) is 5.02 Å². The number of para-hydroxylation sites is 1. The lowest BCUT2D eigenvalue weighted by Gasteiger charge is -2.17. The van der Waals surface area contributed by atoms with Crippen molar-refractivity contribution in [2.45, 2.75) is 6.42 Å². The zero-order chi connectivity index (χ0) is 22.1. The zero-order valence-corrected chi connectivity index (χ0v) is 17.8. The topological polar surface area (TPSA) is 67.2 Å². The van der Waals surface area contributed by atoms with Crippen LogP contribution in [0.25, 0.3) is 5.69 Å². The summed E-state index contributed by atoms with van der Waals surface area (Å²) in [5.41, 5.74) is 4.35. The molecule has 0 unspecified atom stereocenters. The highest BCUT2D eigenvalue weighted by atomic mass is 35.5. The van der Waals surface area contributed by atoms with E-state index in [1.807, 2.05) is 30.3 Å². The average Bonchev–Trinajstić information content (AvgIpc) is 3.47. The van der Waals surface area contributed by atoms with E-state index in [1.54, 1.807) is 58.2 Å². The molecule has 32 heavy (non-hydrogen) atoms. The smallest absolute Gasteiger partial charge is 0.276 e. The van der Waals surface area contributed by atoms with E-state index in [-0.39, 0.29) is 17.5 Å². The van der Waals surface area contributed by atoms with E-state index in [0.29, 0.717) is 22.8 Å². The normalized spacial score (nSPS) is 12.5. The highest BCUT2D eigenvalue weighted by Gasteiger charge is 2.25. The van der Waals surface area contributed by atoms with Gasteiger partial charge in [0.1, 0.15) is 0 Å². The number of carbonyl (C=O) groups excluding carboxylic acids is 2. The lowest BCUT2D eigenvalue weighted by molar-refractivity contribution is 0.0988. The molecular formula is C25H19ClN4O2. The average molecular weight is 443 g/mol. The van der Waals surface area contributed by atoms with Crippen LogP contribution in [0.1, 0.15) is 26.4 Å². The predicted molar refractivity (Wildman–Crippen MR) is 125 cm³/mol. The minimum atomic E-state index is -0.335. The quantitative estimate of drug-likeness (QED) is 0.484. The summed E-state index contributed by atoms with van der Waals surface area (Å²) in [6.07, 6.45) is 2.56. The molecule has 0 radical (unpaired) electrons. The van der Waals surface area contributed by atoms with Crippen LogP contribution in [0.15, 0.2) is 85.1 Å². The number of nitrogens with one attached hydrogen (secondary N) is 1. The molecule has 1 aliphatic rings. The number of hydrogen-bond acceptors (Lipinski definition) is 3. The molecule has 0 bridgehead atoms. The number of halogens is 1. The minimum Gasteiger partial charge on any atom is -0.321 e. The Kier molecular flexibility index (Phi) is 5.21. The van der Waals surface area contributed by atoms with Gasteiger partial charge in [-0.05, 0) is 66.6 Å². The van der Waals surface area contributed by atoms with Crippen molar-refractivity contribution in [1.82, 2.24) is 9.78 Å². The Morgan fingerprint density at radius 3 is 2.56 bits per heavy atom. The molecule has 0 spiro atoms. The van der Waals surface area contributed by atoms with Gasteiger partial charge >= 0.3 is 0 Å². The van der Waals surface area contributed by atoms with Crippen molar-refractivity contribution >= 4 is 34.8 Å². The van der Waals surface area contributed by atoms with E-state index in [9.17, 15) is 9.59 Å². The molecule has 158 valence electrons. The van der Waals surface area contributed by atoms with Gasteiger partial charge in [0, 0.05) is 34.7 Å². The number of amides is 2. The van der Waals surface area contributed by atoms with Gasteiger partial charge in [-0.3, -0.25) is 9.59 Å². The van der Waals surface area contributed by atoms with Crippen LogP contribution in [0.5, 0.6) is 0 Å². The predicted octanol–water partition coefficient (Wildman–Crippen LogP) is 4.98. The molecule has 2 heterocycles. The highest BCUT2D eigenvalue weighted by molar-refractivity contribution is 6.30. The summed E-state index contributed by atoms with van der Waals surface area (Å²) in [4.78, 5) is 27.3. The van der Waals surface area contributed by atoms with Crippen molar-refractivity contribution in [3.05, 3.63) is 107 Å². The maximum Gasteiger partial charge on any atom is 0.276 e. The van der Waals surface area contributed by atoms with Gasteiger partial charge in [0.2, 0.25) is 0 Å². The monoisotopic (exact) mass is 442 g/mol. The molecule has 0 saturated heterocycles. The van der Waals surface area contributed by atoms with E-state index in [1.165, 1.54) is 5.56 Å². The number of nitrogens with zero attached hydrogens (tertiary/aromatic N) is 3. The Bertz CT molecular complexity index is 1310. The van der Waals surface area contributed by atoms with Gasteiger partial charge in [-0.1, -0.05) is 35.9 Å². The molecule has 0 atom stereocenters. The fourth-order valence-electron chi connectivity index (χ4n) is 3.80. The number of anilines is 2. The largest absolute Gasteiger partial charge is 0.321 e. The summed E-state index contributed by atoms with van der Waals surface area (Å²) < 4.78 is 1.59. The molecule has 0 aliphatic carbocycles. The molecule has 1 aromatic heterocycles. The van der Waals surface area contributed by atoms with Crippen molar-refractivity contribution in [2.75, 3.05) is 16.8 Å². The molecule has 2 amide bonds. The lowest BCUT2D eigenvalue weighted by atomic mass is 10.1. The molecule has 0 saturated carbocycles. The van der Waals surface area contributed by atoms with Gasteiger partial charge in [0.05, 0.1) is 5.69 Å². The Morgan fingerprint density at radius 1 is 0.938 bits per heavy atom. The molecule has 1 N–H and O–H groups in total. The Morgan fingerprint density at radius 2 is 1.75 bits per heavy atom. The number of rotatable bonds is 4.